The molecule has 148 valence electrons. The van der Waals surface area contributed by atoms with Crippen LogP contribution < -0.4 is 10.1 Å². The maximum Gasteiger partial charge on any atom is 0.254 e. The summed E-state index contributed by atoms with van der Waals surface area (Å²) in [5.41, 5.74) is 2.21. The average Bonchev–Trinajstić information content (AvgIpc) is 2.73. The summed E-state index contributed by atoms with van der Waals surface area (Å²) in [6, 6.07) is 13.1. The second-order valence-electron chi connectivity index (χ2n) is 6.09. The molecule has 7 nitrogen and oxygen atoms in total. The van der Waals surface area contributed by atoms with Crippen LogP contribution in [0.2, 0.25) is 0 Å². The van der Waals surface area contributed by atoms with E-state index in [4.69, 9.17) is 9.84 Å². The van der Waals surface area contributed by atoms with Crippen LogP contribution >= 0.6 is 0 Å². The number of amides is 2. The number of aliphatic hydroxyl groups is 1. The van der Waals surface area contributed by atoms with Gasteiger partial charge in [0.15, 0.2) is 11.8 Å². The van der Waals surface area contributed by atoms with Crippen LogP contribution in [0.5, 0.6) is 5.75 Å². The predicted molar refractivity (Wildman–Crippen MR) is 105 cm³/mol. The molecular formula is C21H24N2O5. The Bertz CT molecular complexity index is 815. The van der Waals surface area contributed by atoms with Crippen molar-refractivity contribution in [3.8, 4) is 16.9 Å². The highest BCUT2D eigenvalue weighted by Gasteiger charge is 2.32. The van der Waals surface area contributed by atoms with Crippen LogP contribution in [0, 0.1) is 0 Å². The fraction of sp³-hybridized carbons (Fsp3) is 0.286. The molecule has 2 rings (SSSR count). The smallest absolute Gasteiger partial charge is 0.254 e. The monoisotopic (exact) mass is 384 g/mol. The Kier molecular flexibility index (Phi) is 7.28. The Morgan fingerprint density at radius 1 is 1.04 bits per heavy atom. The Morgan fingerprint density at radius 3 is 2.04 bits per heavy atom. The number of likely N-dealkylation sites (N-methyl/N-ethyl adjacent to an activating group) is 2. The second-order valence-corrected chi connectivity index (χ2v) is 6.09. The normalized spacial score (nSPS) is 11.4. The predicted octanol–water partition coefficient (Wildman–Crippen LogP) is 1.50. The number of benzene rings is 2. The average molecular weight is 384 g/mol. The lowest BCUT2D eigenvalue weighted by molar-refractivity contribution is -0.135. The molecular weight excluding hydrogens is 360 g/mol. The number of hydrogen-bond acceptors (Lipinski definition) is 5. The van der Waals surface area contributed by atoms with E-state index in [1.807, 2.05) is 31.2 Å². The van der Waals surface area contributed by atoms with Crippen LogP contribution in [-0.2, 0) is 9.59 Å². The Hall–Kier alpha value is -3.19. The zero-order chi connectivity index (χ0) is 20.7. The van der Waals surface area contributed by atoms with E-state index in [0.29, 0.717) is 12.2 Å². The van der Waals surface area contributed by atoms with Crippen LogP contribution in [0.25, 0.3) is 11.1 Å². The van der Waals surface area contributed by atoms with E-state index >= 15 is 0 Å². The number of ketones is 1. The van der Waals surface area contributed by atoms with Crippen LogP contribution in [-0.4, -0.2) is 61.0 Å². The molecule has 7 heteroatoms. The summed E-state index contributed by atoms with van der Waals surface area (Å²) >= 11 is 0. The lowest BCUT2D eigenvalue weighted by atomic mass is 10.0. The van der Waals surface area contributed by atoms with Crippen LogP contribution in [0.1, 0.15) is 17.3 Å². The summed E-state index contributed by atoms with van der Waals surface area (Å²) in [7, 11) is 2.72. The van der Waals surface area contributed by atoms with Crippen LogP contribution in [0.3, 0.4) is 0 Å². The topological polar surface area (TPSA) is 95.9 Å². The van der Waals surface area contributed by atoms with Crippen molar-refractivity contribution in [2.24, 2.45) is 0 Å². The second kappa shape index (κ2) is 9.66. The van der Waals surface area contributed by atoms with Gasteiger partial charge in [-0.15, -0.1) is 0 Å². The van der Waals surface area contributed by atoms with E-state index in [2.05, 4.69) is 5.32 Å². The molecule has 28 heavy (non-hydrogen) atoms. The largest absolute Gasteiger partial charge is 0.494 e. The third kappa shape index (κ3) is 4.75. The minimum Gasteiger partial charge on any atom is -0.494 e. The Morgan fingerprint density at radius 2 is 1.57 bits per heavy atom. The molecule has 0 aliphatic carbocycles. The highest BCUT2D eigenvalue weighted by molar-refractivity contribution is 6.10. The van der Waals surface area contributed by atoms with E-state index < -0.39 is 30.2 Å². The molecule has 0 spiro atoms. The van der Waals surface area contributed by atoms with Gasteiger partial charge in [-0.25, -0.2) is 0 Å². The quantitative estimate of drug-likeness (QED) is 0.673. The maximum atomic E-state index is 12.7. The molecule has 1 unspecified atom stereocenters. The molecule has 2 aromatic rings. The molecule has 0 saturated carbocycles. The molecule has 2 aromatic carbocycles. The number of hydrogen-bond donors (Lipinski definition) is 2. The highest BCUT2D eigenvalue weighted by atomic mass is 16.5. The van der Waals surface area contributed by atoms with Crippen LogP contribution in [0.4, 0.5) is 0 Å². The Balaban J connectivity index is 2.20. The third-order valence-electron chi connectivity index (χ3n) is 4.29. The zero-order valence-electron chi connectivity index (χ0n) is 16.1. The van der Waals surface area contributed by atoms with Crippen molar-refractivity contribution in [3.63, 3.8) is 0 Å². The molecule has 0 aliphatic heterocycles. The maximum absolute atomic E-state index is 12.7. The van der Waals surface area contributed by atoms with Gasteiger partial charge in [-0.3, -0.25) is 14.4 Å². The summed E-state index contributed by atoms with van der Waals surface area (Å²) in [5, 5.41) is 11.4. The minimum absolute atomic E-state index is 0.330. The number of rotatable bonds is 8. The lowest BCUT2D eigenvalue weighted by Crippen LogP contribution is -2.52. The molecule has 2 amide bonds. The fourth-order valence-electron chi connectivity index (χ4n) is 2.80. The standard InChI is InChI=1S/C21H24N2O5/c1-4-28-17-11-9-15(10-12-17)14-5-7-16(8-6-14)21(27)23(3)19(18(25)13-24)20(26)22-2/h5-12,19,24H,4,13H2,1-3H3,(H,22,26). The number of carbonyl (C=O) groups excluding carboxylic acids is 3. The van der Waals surface area contributed by atoms with Crippen molar-refractivity contribution in [3.05, 3.63) is 54.1 Å². The number of Topliss-reactive ketones (excluding diaryl/α,β-unsaturated/α-hetero) is 1. The van der Waals surface area contributed by atoms with E-state index in [1.165, 1.54) is 14.1 Å². The van der Waals surface area contributed by atoms with Gasteiger partial charge < -0.3 is 20.1 Å². The van der Waals surface area contributed by atoms with Gasteiger partial charge in [0.2, 0.25) is 5.91 Å². The van der Waals surface area contributed by atoms with Crippen molar-refractivity contribution < 1.29 is 24.2 Å². The van der Waals surface area contributed by atoms with Crippen molar-refractivity contribution in [1.82, 2.24) is 10.2 Å². The van der Waals surface area contributed by atoms with E-state index in [9.17, 15) is 14.4 Å². The number of ether oxygens (including phenoxy) is 1. The molecule has 0 heterocycles. The van der Waals surface area contributed by atoms with E-state index in [-0.39, 0.29) is 0 Å². The molecule has 0 aliphatic rings. The van der Waals surface area contributed by atoms with Gasteiger partial charge in [-0.05, 0) is 42.3 Å². The van der Waals surface area contributed by atoms with Gasteiger partial charge >= 0.3 is 0 Å². The van der Waals surface area contributed by atoms with Crippen molar-refractivity contribution >= 4 is 17.6 Å². The minimum atomic E-state index is -1.38. The van der Waals surface area contributed by atoms with Crippen molar-refractivity contribution in [2.45, 2.75) is 13.0 Å². The van der Waals surface area contributed by atoms with Crippen molar-refractivity contribution in [2.75, 3.05) is 27.3 Å². The van der Waals surface area contributed by atoms with Gasteiger partial charge in [0.25, 0.3) is 5.91 Å². The molecule has 1 atom stereocenters. The Labute approximate surface area is 163 Å². The summed E-state index contributed by atoms with van der Waals surface area (Å²) in [6.07, 6.45) is 0. The summed E-state index contributed by atoms with van der Waals surface area (Å²) < 4.78 is 5.42. The van der Waals surface area contributed by atoms with Gasteiger partial charge in [0.05, 0.1) is 6.61 Å². The number of nitrogens with zero attached hydrogens (tertiary/aromatic N) is 1. The van der Waals surface area contributed by atoms with Gasteiger partial charge in [-0.1, -0.05) is 24.3 Å². The number of aliphatic hydroxyl groups excluding tert-OH is 1. The molecule has 0 saturated heterocycles. The summed E-state index contributed by atoms with van der Waals surface area (Å²) in [4.78, 5) is 37.6. The summed E-state index contributed by atoms with van der Waals surface area (Å²) in [5.74, 6) is -1.11. The van der Waals surface area contributed by atoms with Gasteiger partial charge in [-0.2, -0.15) is 0 Å². The summed E-state index contributed by atoms with van der Waals surface area (Å²) in [6.45, 7) is 1.69. The SMILES string of the molecule is CCOc1ccc(-c2ccc(C(=O)N(C)C(C(=O)CO)C(=O)NC)cc2)cc1. The van der Waals surface area contributed by atoms with E-state index in [0.717, 1.165) is 21.8 Å². The third-order valence-corrected chi connectivity index (χ3v) is 4.29. The van der Waals surface area contributed by atoms with Gasteiger partial charge in [0.1, 0.15) is 12.4 Å². The first-order chi connectivity index (χ1) is 13.4. The first-order valence-electron chi connectivity index (χ1n) is 8.88. The molecule has 0 bridgehead atoms. The number of nitrogens with one attached hydrogen (secondary N) is 1. The fourth-order valence-corrected chi connectivity index (χ4v) is 2.80. The first-order valence-corrected chi connectivity index (χ1v) is 8.88. The molecule has 2 N–H and O–H groups in total. The number of carbonyl (C=O) groups is 3. The first kappa shape index (κ1) is 21.1. The van der Waals surface area contributed by atoms with Crippen LogP contribution in [0.15, 0.2) is 48.5 Å². The van der Waals surface area contributed by atoms with Crippen molar-refractivity contribution in [1.29, 1.82) is 0 Å². The molecule has 0 aromatic heterocycles. The van der Waals surface area contributed by atoms with E-state index in [1.54, 1.807) is 24.3 Å². The molecule has 0 fully saturated rings. The molecule has 0 radical (unpaired) electrons. The zero-order valence-corrected chi connectivity index (χ0v) is 16.1. The highest BCUT2D eigenvalue weighted by Crippen LogP contribution is 2.23. The lowest BCUT2D eigenvalue weighted by Gasteiger charge is -2.25. The van der Waals surface area contributed by atoms with Gasteiger partial charge in [0, 0.05) is 19.7 Å².